The summed E-state index contributed by atoms with van der Waals surface area (Å²) in [5, 5.41) is 23.4. The quantitative estimate of drug-likeness (QED) is 0.605. The molecule has 0 saturated heterocycles. The van der Waals surface area contributed by atoms with E-state index < -0.39 is 5.60 Å². The van der Waals surface area contributed by atoms with Crippen LogP contribution in [-0.4, -0.2) is 22.2 Å². The molecule has 94 valence electrons. The van der Waals surface area contributed by atoms with Crippen LogP contribution in [-0.2, 0) is 6.54 Å². The lowest BCUT2D eigenvalue weighted by Crippen LogP contribution is -2.34. The van der Waals surface area contributed by atoms with E-state index in [9.17, 15) is 15.2 Å². The summed E-state index contributed by atoms with van der Waals surface area (Å²) < 4.78 is 0. The second kappa shape index (κ2) is 5.25. The summed E-state index contributed by atoms with van der Waals surface area (Å²) in [4.78, 5) is 10.4. The molecule has 1 aromatic carbocycles. The van der Waals surface area contributed by atoms with Crippen molar-refractivity contribution in [1.82, 2.24) is 5.32 Å². The molecule has 0 amide bonds. The molecule has 0 radical (unpaired) electrons. The van der Waals surface area contributed by atoms with E-state index in [0.29, 0.717) is 18.7 Å². The molecular formula is C12H18N2O3. The van der Waals surface area contributed by atoms with Gasteiger partial charge in [-0.05, 0) is 26.3 Å². The van der Waals surface area contributed by atoms with E-state index in [2.05, 4.69) is 5.32 Å². The first-order valence-corrected chi connectivity index (χ1v) is 5.47. The Balaban J connectivity index is 2.72. The van der Waals surface area contributed by atoms with Gasteiger partial charge in [-0.15, -0.1) is 0 Å². The van der Waals surface area contributed by atoms with Crippen molar-refractivity contribution in [1.29, 1.82) is 0 Å². The van der Waals surface area contributed by atoms with Gasteiger partial charge in [0.25, 0.3) is 5.69 Å². The topological polar surface area (TPSA) is 75.4 Å². The van der Waals surface area contributed by atoms with Crippen LogP contribution in [0.3, 0.4) is 0 Å². The summed E-state index contributed by atoms with van der Waals surface area (Å²) >= 11 is 0. The molecule has 0 unspecified atom stereocenters. The van der Waals surface area contributed by atoms with Crippen molar-refractivity contribution >= 4 is 5.69 Å². The van der Waals surface area contributed by atoms with Crippen molar-refractivity contribution in [3.8, 4) is 0 Å². The second-order valence-electron chi connectivity index (χ2n) is 4.73. The first-order chi connectivity index (χ1) is 7.81. The molecule has 5 nitrogen and oxygen atoms in total. The van der Waals surface area contributed by atoms with Gasteiger partial charge in [0, 0.05) is 24.7 Å². The third kappa shape index (κ3) is 4.13. The van der Waals surface area contributed by atoms with Crippen molar-refractivity contribution in [3.63, 3.8) is 0 Å². The molecule has 1 rings (SSSR count). The zero-order valence-corrected chi connectivity index (χ0v) is 10.4. The van der Waals surface area contributed by atoms with E-state index >= 15 is 0 Å². The van der Waals surface area contributed by atoms with Gasteiger partial charge in [-0.2, -0.15) is 0 Å². The minimum absolute atomic E-state index is 0.132. The zero-order valence-electron chi connectivity index (χ0n) is 10.4. The number of benzene rings is 1. The minimum Gasteiger partial charge on any atom is -0.389 e. The van der Waals surface area contributed by atoms with Crippen LogP contribution in [0.4, 0.5) is 5.69 Å². The second-order valence-corrected chi connectivity index (χ2v) is 4.73. The Morgan fingerprint density at radius 1 is 1.47 bits per heavy atom. The fourth-order valence-corrected chi connectivity index (χ4v) is 1.56. The van der Waals surface area contributed by atoms with Crippen molar-refractivity contribution in [2.45, 2.75) is 32.9 Å². The molecular weight excluding hydrogens is 220 g/mol. The van der Waals surface area contributed by atoms with E-state index in [4.69, 9.17) is 0 Å². The van der Waals surface area contributed by atoms with Crippen LogP contribution in [0.25, 0.3) is 0 Å². The highest BCUT2D eigenvalue weighted by Gasteiger charge is 2.14. The van der Waals surface area contributed by atoms with Crippen molar-refractivity contribution in [3.05, 3.63) is 39.4 Å². The molecule has 0 saturated carbocycles. The van der Waals surface area contributed by atoms with Gasteiger partial charge < -0.3 is 10.4 Å². The van der Waals surface area contributed by atoms with Gasteiger partial charge in [0.05, 0.1) is 10.5 Å². The lowest BCUT2D eigenvalue weighted by atomic mass is 10.1. The van der Waals surface area contributed by atoms with Crippen LogP contribution in [0, 0.1) is 17.0 Å². The van der Waals surface area contributed by atoms with Crippen LogP contribution in [0.15, 0.2) is 18.2 Å². The largest absolute Gasteiger partial charge is 0.389 e. The smallest absolute Gasteiger partial charge is 0.272 e. The molecule has 0 spiro atoms. The van der Waals surface area contributed by atoms with Gasteiger partial charge in [0.1, 0.15) is 0 Å². The van der Waals surface area contributed by atoms with E-state index in [1.54, 1.807) is 26.8 Å². The zero-order chi connectivity index (χ0) is 13.1. The number of aliphatic hydroxyl groups is 1. The molecule has 0 bridgehead atoms. The van der Waals surface area contributed by atoms with Crippen molar-refractivity contribution < 1.29 is 10.0 Å². The number of nitro groups is 1. The number of nitrogens with zero attached hydrogens (tertiary/aromatic N) is 1. The summed E-state index contributed by atoms with van der Waals surface area (Å²) in [6.07, 6.45) is 0. The molecule has 1 aromatic rings. The summed E-state index contributed by atoms with van der Waals surface area (Å²) in [5.74, 6) is 0. The Kier molecular flexibility index (Phi) is 4.20. The third-order valence-electron chi connectivity index (χ3n) is 2.49. The highest BCUT2D eigenvalue weighted by atomic mass is 16.6. The van der Waals surface area contributed by atoms with Gasteiger partial charge in [0.15, 0.2) is 0 Å². The number of rotatable bonds is 5. The first-order valence-electron chi connectivity index (χ1n) is 5.47. The maximum absolute atomic E-state index is 10.8. The summed E-state index contributed by atoms with van der Waals surface area (Å²) in [6.45, 7) is 6.10. The minimum atomic E-state index is -0.783. The summed E-state index contributed by atoms with van der Waals surface area (Å²) in [6, 6.07) is 5.01. The Labute approximate surface area is 101 Å². The Morgan fingerprint density at radius 3 is 2.65 bits per heavy atom. The van der Waals surface area contributed by atoms with Gasteiger partial charge in [-0.1, -0.05) is 12.1 Å². The molecule has 2 N–H and O–H groups in total. The summed E-state index contributed by atoms with van der Waals surface area (Å²) in [5.41, 5.74) is 0.894. The average molecular weight is 238 g/mol. The normalized spacial score (nSPS) is 11.5. The average Bonchev–Trinajstić information content (AvgIpc) is 2.18. The molecule has 0 aliphatic heterocycles. The predicted octanol–water partition coefficient (Wildman–Crippen LogP) is 1.76. The first kappa shape index (κ1) is 13.6. The van der Waals surface area contributed by atoms with Crippen LogP contribution < -0.4 is 5.32 Å². The molecule has 5 heteroatoms. The molecule has 0 aliphatic carbocycles. The summed E-state index contributed by atoms with van der Waals surface area (Å²) in [7, 11) is 0. The van der Waals surface area contributed by atoms with Crippen molar-refractivity contribution in [2.75, 3.05) is 6.54 Å². The Morgan fingerprint density at radius 2 is 2.12 bits per heavy atom. The highest BCUT2D eigenvalue weighted by Crippen LogP contribution is 2.20. The molecule has 17 heavy (non-hydrogen) atoms. The maximum atomic E-state index is 10.8. The van der Waals surface area contributed by atoms with Crippen molar-refractivity contribution in [2.24, 2.45) is 0 Å². The van der Waals surface area contributed by atoms with Crippen LogP contribution >= 0.6 is 0 Å². The van der Waals surface area contributed by atoms with Gasteiger partial charge in [-0.3, -0.25) is 10.1 Å². The molecule has 0 heterocycles. The number of hydrogen-bond donors (Lipinski definition) is 2. The fourth-order valence-electron chi connectivity index (χ4n) is 1.56. The fraction of sp³-hybridized carbons (Fsp3) is 0.500. The van der Waals surface area contributed by atoms with Gasteiger partial charge in [-0.25, -0.2) is 0 Å². The lowest BCUT2D eigenvalue weighted by molar-refractivity contribution is -0.385. The predicted molar refractivity (Wildman–Crippen MR) is 65.8 cm³/mol. The maximum Gasteiger partial charge on any atom is 0.272 e. The Bertz CT molecular complexity index is 411. The standard InChI is InChI=1S/C12H18N2O3/c1-9-10(7-13-8-12(2,3)15)5-4-6-11(9)14(16)17/h4-6,13,15H,7-8H2,1-3H3. The van der Waals surface area contributed by atoms with Gasteiger partial charge in [0.2, 0.25) is 0 Å². The molecule has 0 aliphatic rings. The number of nitro benzene ring substituents is 1. The monoisotopic (exact) mass is 238 g/mol. The Hall–Kier alpha value is -1.46. The highest BCUT2D eigenvalue weighted by molar-refractivity contribution is 5.44. The van der Waals surface area contributed by atoms with E-state index in [1.165, 1.54) is 6.07 Å². The van der Waals surface area contributed by atoms with E-state index in [1.807, 2.05) is 6.07 Å². The van der Waals surface area contributed by atoms with Crippen LogP contribution in [0.2, 0.25) is 0 Å². The molecule has 0 aromatic heterocycles. The van der Waals surface area contributed by atoms with Crippen LogP contribution in [0.1, 0.15) is 25.0 Å². The third-order valence-corrected chi connectivity index (χ3v) is 2.49. The number of hydrogen-bond acceptors (Lipinski definition) is 4. The molecule has 0 fully saturated rings. The van der Waals surface area contributed by atoms with Crippen LogP contribution in [0.5, 0.6) is 0 Å². The molecule has 0 atom stereocenters. The van der Waals surface area contributed by atoms with E-state index in [0.717, 1.165) is 5.56 Å². The van der Waals surface area contributed by atoms with E-state index in [-0.39, 0.29) is 10.6 Å². The lowest BCUT2D eigenvalue weighted by Gasteiger charge is -2.18. The SMILES string of the molecule is Cc1c(CNCC(C)(C)O)cccc1[N+](=O)[O-]. The number of nitrogens with one attached hydrogen (secondary N) is 1. The van der Waals surface area contributed by atoms with Gasteiger partial charge >= 0.3 is 0 Å².